The van der Waals surface area contributed by atoms with E-state index in [1.807, 2.05) is 91.8 Å². The highest BCUT2D eigenvalue weighted by molar-refractivity contribution is 5.82. The fourth-order valence-electron chi connectivity index (χ4n) is 3.05. The minimum atomic E-state index is -0.144. The van der Waals surface area contributed by atoms with Crippen LogP contribution in [0.15, 0.2) is 88.8 Å². The summed E-state index contributed by atoms with van der Waals surface area (Å²) in [5.41, 5.74) is 6.20. The van der Waals surface area contributed by atoms with E-state index in [1.165, 1.54) is 4.57 Å². The molecule has 3 aromatic carbocycles. The van der Waals surface area contributed by atoms with Crippen molar-refractivity contribution in [3.05, 3.63) is 94.8 Å². The van der Waals surface area contributed by atoms with Gasteiger partial charge in [-0.25, -0.2) is 15.0 Å². The lowest BCUT2D eigenvalue weighted by molar-refractivity contribution is 0.956. The number of nitrogens with zero attached hydrogens (tertiary/aromatic N) is 4. The Bertz CT molecular complexity index is 1210. The summed E-state index contributed by atoms with van der Waals surface area (Å²) < 4.78 is 1.54. The minimum Gasteiger partial charge on any atom is -0.378 e. The van der Waals surface area contributed by atoms with E-state index < -0.39 is 0 Å². The van der Waals surface area contributed by atoms with Crippen LogP contribution in [0.1, 0.15) is 5.56 Å². The summed E-state index contributed by atoms with van der Waals surface area (Å²) in [6.07, 6.45) is 1.70. The van der Waals surface area contributed by atoms with E-state index in [2.05, 4.69) is 15.5 Å². The van der Waals surface area contributed by atoms with Crippen molar-refractivity contribution in [1.29, 1.82) is 0 Å². The Morgan fingerprint density at radius 3 is 2.34 bits per heavy atom. The van der Waals surface area contributed by atoms with Gasteiger partial charge in [-0.2, -0.15) is 5.10 Å². The molecule has 4 aromatic rings. The Kier molecular flexibility index (Phi) is 5.07. The van der Waals surface area contributed by atoms with Crippen LogP contribution in [0.25, 0.3) is 16.6 Å². The summed E-state index contributed by atoms with van der Waals surface area (Å²) in [6, 6.07) is 24.7. The Labute approximate surface area is 168 Å². The third kappa shape index (κ3) is 3.87. The maximum atomic E-state index is 13.1. The molecule has 0 unspecified atom stereocenters. The van der Waals surface area contributed by atoms with Gasteiger partial charge in [-0.05, 0) is 42.0 Å². The molecule has 1 N–H and O–H groups in total. The number of hydrogen-bond acceptors (Lipinski definition) is 5. The molecule has 0 saturated carbocycles. The molecule has 0 fully saturated rings. The summed E-state index contributed by atoms with van der Waals surface area (Å²) in [4.78, 5) is 19.8. The van der Waals surface area contributed by atoms with E-state index in [-0.39, 0.29) is 5.56 Å². The summed E-state index contributed by atoms with van der Waals surface area (Å²) in [6.45, 7) is 0. The molecule has 29 heavy (non-hydrogen) atoms. The third-order valence-electron chi connectivity index (χ3n) is 4.58. The van der Waals surface area contributed by atoms with Gasteiger partial charge in [0, 0.05) is 19.8 Å². The van der Waals surface area contributed by atoms with Crippen molar-refractivity contribution < 1.29 is 0 Å². The number of hydrazone groups is 1. The first-order valence-corrected chi connectivity index (χ1v) is 9.27. The van der Waals surface area contributed by atoms with Gasteiger partial charge in [0.25, 0.3) is 5.56 Å². The van der Waals surface area contributed by atoms with Gasteiger partial charge in [-0.3, -0.25) is 4.79 Å². The highest BCUT2D eigenvalue weighted by atomic mass is 16.1. The largest absolute Gasteiger partial charge is 0.378 e. The summed E-state index contributed by atoms with van der Waals surface area (Å²) in [5.74, 6) is 0.362. The zero-order valence-electron chi connectivity index (χ0n) is 16.3. The number of hydrogen-bond donors (Lipinski definition) is 1. The number of benzene rings is 3. The predicted octanol–water partition coefficient (Wildman–Crippen LogP) is 3.90. The maximum Gasteiger partial charge on any atom is 0.267 e. The van der Waals surface area contributed by atoms with E-state index in [0.29, 0.717) is 16.9 Å². The van der Waals surface area contributed by atoms with E-state index in [9.17, 15) is 4.79 Å². The molecule has 1 aromatic heterocycles. The molecule has 0 aliphatic heterocycles. The van der Waals surface area contributed by atoms with Crippen molar-refractivity contribution in [3.8, 4) is 5.69 Å². The molecule has 144 valence electrons. The molecule has 0 atom stereocenters. The topological polar surface area (TPSA) is 62.5 Å². The van der Waals surface area contributed by atoms with Crippen LogP contribution in [0.2, 0.25) is 0 Å². The van der Waals surface area contributed by atoms with Gasteiger partial charge in [0.1, 0.15) is 0 Å². The molecular weight excluding hydrogens is 362 g/mol. The van der Waals surface area contributed by atoms with Crippen LogP contribution in [-0.2, 0) is 0 Å². The first-order valence-electron chi connectivity index (χ1n) is 9.27. The number of nitrogens with one attached hydrogen (secondary N) is 1. The lowest BCUT2D eigenvalue weighted by atomic mass is 10.2. The lowest BCUT2D eigenvalue weighted by Gasteiger charge is -2.13. The van der Waals surface area contributed by atoms with Crippen LogP contribution in [0.3, 0.4) is 0 Å². The average Bonchev–Trinajstić information content (AvgIpc) is 2.75. The molecule has 0 amide bonds. The summed E-state index contributed by atoms with van der Waals surface area (Å²) >= 11 is 0. The second-order valence-electron chi connectivity index (χ2n) is 6.78. The van der Waals surface area contributed by atoms with Crippen LogP contribution >= 0.6 is 0 Å². The van der Waals surface area contributed by atoms with Crippen LogP contribution in [0.4, 0.5) is 11.6 Å². The van der Waals surface area contributed by atoms with E-state index >= 15 is 0 Å². The molecule has 1 heterocycles. The maximum absolute atomic E-state index is 13.1. The molecule has 0 radical (unpaired) electrons. The number of anilines is 2. The first kappa shape index (κ1) is 18.4. The molecule has 6 heteroatoms. The average molecular weight is 383 g/mol. The SMILES string of the molecule is CN(C)c1ccc(/C=N/Nc2nc3ccccc3c(=O)n2-c2ccccc2)cc1. The van der Waals surface area contributed by atoms with Crippen LogP contribution in [-0.4, -0.2) is 29.9 Å². The van der Waals surface area contributed by atoms with Gasteiger partial charge in [-0.1, -0.05) is 42.5 Å². The van der Waals surface area contributed by atoms with Gasteiger partial charge in [0.05, 0.1) is 22.8 Å². The molecule has 0 saturated heterocycles. The fourth-order valence-corrected chi connectivity index (χ4v) is 3.05. The van der Waals surface area contributed by atoms with Crippen molar-refractivity contribution >= 4 is 28.8 Å². The van der Waals surface area contributed by atoms with Gasteiger partial charge in [0.2, 0.25) is 5.95 Å². The Balaban J connectivity index is 1.72. The zero-order chi connectivity index (χ0) is 20.2. The summed E-state index contributed by atoms with van der Waals surface area (Å²) in [7, 11) is 4.00. The van der Waals surface area contributed by atoms with Gasteiger partial charge in [0.15, 0.2) is 0 Å². The monoisotopic (exact) mass is 383 g/mol. The quantitative estimate of drug-likeness (QED) is 0.419. The standard InChI is InChI=1S/C23H21N5O/c1-27(2)18-14-12-17(13-15-18)16-24-26-23-25-21-11-7-6-10-20(21)22(29)28(23)19-8-4-3-5-9-19/h3-16H,1-2H3,(H,25,26)/b24-16+. The van der Waals surface area contributed by atoms with Crippen molar-refractivity contribution in [2.24, 2.45) is 5.10 Å². The van der Waals surface area contributed by atoms with Crippen molar-refractivity contribution in [3.63, 3.8) is 0 Å². The second kappa shape index (κ2) is 7.98. The number of aromatic nitrogens is 2. The molecule has 4 rings (SSSR count). The highest BCUT2D eigenvalue weighted by Crippen LogP contribution is 2.16. The number of fused-ring (bicyclic) bond motifs is 1. The lowest BCUT2D eigenvalue weighted by Crippen LogP contribution is -2.22. The fraction of sp³-hybridized carbons (Fsp3) is 0.0870. The minimum absolute atomic E-state index is 0.144. The molecule has 0 spiro atoms. The summed E-state index contributed by atoms with van der Waals surface area (Å²) in [5, 5.41) is 4.87. The smallest absolute Gasteiger partial charge is 0.267 e. The van der Waals surface area contributed by atoms with Crippen molar-refractivity contribution in [2.45, 2.75) is 0 Å². The van der Waals surface area contributed by atoms with E-state index in [0.717, 1.165) is 16.9 Å². The van der Waals surface area contributed by atoms with Crippen LogP contribution < -0.4 is 15.9 Å². The van der Waals surface area contributed by atoms with Gasteiger partial charge < -0.3 is 4.90 Å². The molecular formula is C23H21N5O. The number of para-hydroxylation sites is 2. The molecule has 0 bridgehead atoms. The zero-order valence-corrected chi connectivity index (χ0v) is 16.3. The van der Waals surface area contributed by atoms with Crippen molar-refractivity contribution in [1.82, 2.24) is 9.55 Å². The second-order valence-corrected chi connectivity index (χ2v) is 6.78. The molecule has 0 aliphatic rings. The Morgan fingerprint density at radius 2 is 1.62 bits per heavy atom. The number of rotatable bonds is 5. The highest BCUT2D eigenvalue weighted by Gasteiger charge is 2.11. The Hall–Kier alpha value is -3.93. The Morgan fingerprint density at radius 1 is 0.931 bits per heavy atom. The van der Waals surface area contributed by atoms with Crippen molar-refractivity contribution in [2.75, 3.05) is 24.4 Å². The van der Waals surface area contributed by atoms with Gasteiger partial charge in [-0.15, -0.1) is 0 Å². The van der Waals surface area contributed by atoms with E-state index in [1.54, 1.807) is 12.3 Å². The first-order chi connectivity index (χ1) is 14.1. The van der Waals surface area contributed by atoms with Gasteiger partial charge >= 0.3 is 0 Å². The molecule has 6 nitrogen and oxygen atoms in total. The van der Waals surface area contributed by atoms with Crippen LogP contribution in [0.5, 0.6) is 0 Å². The van der Waals surface area contributed by atoms with Crippen LogP contribution in [0, 0.1) is 0 Å². The van der Waals surface area contributed by atoms with E-state index in [4.69, 9.17) is 0 Å². The normalized spacial score (nSPS) is 11.1. The third-order valence-corrected chi connectivity index (χ3v) is 4.58. The molecule has 0 aliphatic carbocycles. The predicted molar refractivity (Wildman–Crippen MR) is 119 cm³/mol.